The molecule has 7 rings (SSSR count). The molecular formula is C43H60N4O2. The molecule has 0 radical (unpaired) electrons. The van der Waals surface area contributed by atoms with E-state index in [-0.39, 0.29) is 22.3 Å². The van der Waals surface area contributed by atoms with E-state index in [4.69, 9.17) is 4.74 Å². The molecule has 2 aromatic rings. The van der Waals surface area contributed by atoms with Crippen LogP contribution in [-0.2, 0) is 4.74 Å². The van der Waals surface area contributed by atoms with Crippen molar-refractivity contribution in [3.8, 4) is 0 Å². The molecule has 4 fully saturated rings. The predicted molar refractivity (Wildman–Crippen MR) is 199 cm³/mol. The van der Waals surface area contributed by atoms with E-state index in [2.05, 4.69) is 87.2 Å². The number of anilines is 1. The van der Waals surface area contributed by atoms with Crippen LogP contribution >= 0.6 is 0 Å². The molecule has 0 amide bonds. The molecule has 1 heterocycles. The Kier molecular flexibility index (Phi) is 8.69. The number of aromatic nitrogens is 2. The van der Waals surface area contributed by atoms with Gasteiger partial charge in [-0.25, -0.2) is 4.79 Å². The lowest BCUT2D eigenvalue weighted by atomic mass is 9.33. The van der Waals surface area contributed by atoms with E-state index in [1.165, 1.54) is 75.2 Å². The number of benzene rings is 1. The van der Waals surface area contributed by atoms with Crippen LogP contribution in [0, 0.1) is 51.2 Å². The van der Waals surface area contributed by atoms with Crippen LogP contribution < -0.4 is 10.6 Å². The lowest BCUT2D eigenvalue weighted by Crippen LogP contribution is -2.68. The molecule has 0 saturated heterocycles. The molecule has 4 saturated carbocycles. The first-order valence-electron chi connectivity index (χ1n) is 19.1. The highest BCUT2D eigenvalue weighted by molar-refractivity contribution is 5.90. The van der Waals surface area contributed by atoms with Crippen molar-refractivity contribution in [2.45, 2.75) is 105 Å². The summed E-state index contributed by atoms with van der Waals surface area (Å²) in [5, 5.41) is 15.9. The van der Waals surface area contributed by atoms with Gasteiger partial charge < -0.3 is 15.4 Å². The number of esters is 1. The minimum Gasteiger partial charge on any atom is -0.465 e. The molecule has 5 aliphatic rings. The lowest BCUT2D eigenvalue weighted by Gasteiger charge is -2.72. The molecule has 9 atom stereocenters. The first kappa shape index (κ1) is 34.5. The molecule has 264 valence electrons. The van der Waals surface area contributed by atoms with E-state index in [0.717, 1.165) is 25.3 Å². The number of hydrogen-bond acceptors (Lipinski definition) is 6. The summed E-state index contributed by atoms with van der Waals surface area (Å²) < 4.78 is 4.97. The number of allylic oxidation sites excluding steroid dienone is 3. The smallest absolute Gasteiger partial charge is 0.337 e. The second-order valence-electron chi connectivity index (χ2n) is 17.9. The molecule has 1 aromatic carbocycles. The summed E-state index contributed by atoms with van der Waals surface area (Å²) in [6.07, 6.45) is 15.8. The molecule has 2 N–H and O–H groups in total. The molecule has 0 spiro atoms. The second-order valence-corrected chi connectivity index (χ2v) is 17.9. The second kappa shape index (κ2) is 12.4. The zero-order chi connectivity index (χ0) is 34.8. The number of nitrogens with zero attached hydrogens (tertiary/aromatic N) is 2. The van der Waals surface area contributed by atoms with E-state index in [0.29, 0.717) is 46.0 Å². The fourth-order valence-electron chi connectivity index (χ4n) is 13.4. The van der Waals surface area contributed by atoms with Crippen LogP contribution in [0.15, 0.2) is 60.8 Å². The number of ether oxygens (including phenoxy) is 1. The van der Waals surface area contributed by atoms with Gasteiger partial charge in [-0.3, -0.25) is 0 Å². The molecule has 5 aliphatic carbocycles. The fourth-order valence-corrected chi connectivity index (χ4v) is 13.4. The van der Waals surface area contributed by atoms with E-state index in [1.807, 2.05) is 24.3 Å². The van der Waals surface area contributed by atoms with E-state index in [1.54, 1.807) is 6.20 Å². The third-order valence-corrected chi connectivity index (χ3v) is 15.7. The SMILES string of the molecule is C=C(C)C1CCC2(NCCNc3cccnn3)CCC3(C)C(CCC4C5(C)CC=C(c6ccc(C(=O)OC)cc6)C(C)(C)C5CCC43C)C12. The molecule has 0 bridgehead atoms. The largest absolute Gasteiger partial charge is 0.465 e. The predicted octanol–water partition coefficient (Wildman–Crippen LogP) is 9.37. The monoisotopic (exact) mass is 664 g/mol. The Morgan fingerprint density at radius 1 is 0.918 bits per heavy atom. The van der Waals surface area contributed by atoms with Gasteiger partial charge in [0.25, 0.3) is 0 Å². The number of nitrogens with one attached hydrogen (secondary N) is 2. The average molecular weight is 665 g/mol. The average Bonchev–Trinajstić information content (AvgIpc) is 3.47. The summed E-state index contributed by atoms with van der Waals surface area (Å²) in [6.45, 7) is 21.8. The van der Waals surface area contributed by atoms with Gasteiger partial charge in [-0.2, -0.15) is 5.10 Å². The van der Waals surface area contributed by atoms with Crippen molar-refractivity contribution in [1.82, 2.24) is 15.5 Å². The molecule has 49 heavy (non-hydrogen) atoms. The van der Waals surface area contributed by atoms with E-state index >= 15 is 0 Å². The molecule has 0 aliphatic heterocycles. The van der Waals surface area contributed by atoms with Crippen LogP contribution in [0.25, 0.3) is 5.57 Å². The normalized spacial score (nSPS) is 39.0. The summed E-state index contributed by atoms with van der Waals surface area (Å²) in [5.74, 6) is 3.86. The van der Waals surface area contributed by atoms with Gasteiger partial charge in [-0.05, 0) is 151 Å². The highest BCUT2D eigenvalue weighted by Crippen LogP contribution is 2.76. The van der Waals surface area contributed by atoms with Crippen LogP contribution in [0.3, 0.4) is 0 Å². The van der Waals surface area contributed by atoms with Gasteiger partial charge in [-0.1, -0.05) is 65.0 Å². The Balaban J connectivity index is 1.15. The first-order chi connectivity index (χ1) is 23.3. The Bertz CT molecular complexity index is 1600. The summed E-state index contributed by atoms with van der Waals surface area (Å²) in [6, 6.07) is 12.1. The maximum atomic E-state index is 12.1. The molecule has 1 aromatic heterocycles. The van der Waals surface area contributed by atoms with Crippen molar-refractivity contribution >= 4 is 17.4 Å². The van der Waals surface area contributed by atoms with Crippen LogP contribution in [0.4, 0.5) is 5.82 Å². The number of carbonyl (C=O) groups excluding carboxylic acids is 1. The van der Waals surface area contributed by atoms with E-state index < -0.39 is 0 Å². The van der Waals surface area contributed by atoms with Crippen molar-refractivity contribution in [2.24, 2.45) is 51.2 Å². The minimum absolute atomic E-state index is 0.0559. The summed E-state index contributed by atoms with van der Waals surface area (Å²) in [7, 11) is 1.45. The first-order valence-corrected chi connectivity index (χ1v) is 19.1. The van der Waals surface area contributed by atoms with Crippen molar-refractivity contribution in [2.75, 3.05) is 25.5 Å². The molecule has 6 heteroatoms. The van der Waals surface area contributed by atoms with Gasteiger partial charge in [0.05, 0.1) is 12.7 Å². The third-order valence-electron chi connectivity index (χ3n) is 15.7. The van der Waals surface area contributed by atoms with Gasteiger partial charge in [-0.15, -0.1) is 5.10 Å². The van der Waals surface area contributed by atoms with Crippen LogP contribution in [0.2, 0.25) is 0 Å². The standard InChI is InChI=1S/C43H60N4O2/c1-28(2)31-17-22-43(45-27-26-44-36-10-9-25-46-47-36)24-23-41(6)33(37(31)43)15-16-35-40(5)20-18-32(29-11-13-30(14-12-29)38(48)49-8)39(3,4)34(40)19-21-42(35,41)7/h9-14,18,25,31,33-35,37,45H,1,15-17,19-24,26-27H2,2-8H3,(H,44,47). The van der Waals surface area contributed by atoms with E-state index in [9.17, 15) is 4.79 Å². The quantitative estimate of drug-likeness (QED) is 0.166. The van der Waals surface area contributed by atoms with Crippen molar-refractivity contribution < 1.29 is 9.53 Å². The molecular weight excluding hydrogens is 604 g/mol. The maximum absolute atomic E-state index is 12.1. The maximum Gasteiger partial charge on any atom is 0.337 e. The fraction of sp³-hybridized carbons (Fsp3) is 0.651. The summed E-state index contributed by atoms with van der Waals surface area (Å²) in [4.78, 5) is 12.1. The topological polar surface area (TPSA) is 76.1 Å². The van der Waals surface area contributed by atoms with Gasteiger partial charge in [0.15, 0.2) is 0 Å². The van der Waals surface area contributed by atoms with Crippen molar-refractivity contribution in [1.29, 1.82) is 0 Å². The number of hydrogen-bond donors (Lipinski definition) is 2. The van der Waals surface area contributed by atoms with Crippen molar-refractivity contribution in [3.63, 3.8) is 0 Å². The zero-order valence-corrected chi connectivity index (χ0v) is 31.2. The number of methoxy groups -OCH3 is 1. The molecule has 6 nitrogen and oxygen atoms in total. The van der Waals surface area contributed by atoms with Gasteiger partial charge >= 0.3 is 5.97 Å². The number of carbonyl (C=O) groups is 1. The lowest BCUT2D eigenvalue weighted by molar-refractivity contribution is -0.219. The van der Waals surface area contributed by atoms with Crippen LogP contribution in [0.5, 0.6) is 0 Å². The molecule has 9 unspecified atom stereocenters. The number of fused-ring (bicyclic) bond motifs is 7. The highest BCUT2D eigenvalue weighted by atomic mass is 16.5. The van der Waals surface area contributed by atoms with Gasteiger partial charge in [0.2, 0.25) is 0 Å². The van der Waals surface area contributed by atoms with Gasteiger partial charge in [0.1, 0.15) is 5.82 Å². The highest BCUT2D eigenvalue weighted by Gasteiger charge is 2.70. The van der Waals surface area contributed by atoms with Gasteiger partial charge in [0, 0.05) is 24.8 Å². The number of rotatable bonds is 8. The van der Waals surface area contributed by atoms with Crippen LogP contribution in [0.1, 0.15) is 115 Å². The summed E-state index contributed by atoms with van der Waals surface area (Å²) in [5.41, 5.74) is 5.85. The summed E-state index contributed by atoms with van der Waals surface area (Å²) >= 11 is 0. The Labute approximate surface area is 295 Å². The Morgan fingerprint density at radius 2 is 1.69 bits per heavy atom. The third kappa shape index (κ3) is 5.24. The van der Waals surface area contributed by atoms with Crippen LogP contribution in [-0.4, -0.2) is 41.9 Å². The Hall–Kier alpha value is -2.99. The minimum atomic E-state index is -0.273. The van der Waals surface area contributed by atoms with Crippen molar-refractivity contribution in [3.05, 3.63) is 72.0 Å². The Morgan fingerprint density at radius 3 is 2.39 bits per heavy atom. The zero-order valence-electron chi connectivity index (χ0n) is 31.2.